The van der Waals surface area contributed by atoms with Crippen molar-refractivity contribution in [3.8, 4) is 0 Å². The van der Waals surface area contributed by atoms with Gasteiger partial charge in [0.25, 0.3) is 0 Å². The molecule has 142 valence electrons. The van der Waals surface area contributed by atoms with Crippen LogP contribution in [0.3, 0.4) is 0 Å². The first-order valence-corrected chi connectivity index (χ1v) is 9.38. The fourth-order valence-electron chi connectivity index (χ4n) is 2.88. The molecule has 2 aromatic rings. The van der Waals surface area contributed by atoms with Gasteiger partial charge in [-0.2, -0.15) is 0 Å². The average Bonchev–Trinajstić information content (AvgIpc) is 2.81. The zero-order valence-corrected chi connectivity index (χ0v) is 16.7. The van der Waals surface area contributed by atoms with Gasteiger partial charge in [0, 0.05) is 11.7 Å². The monoisotopic (exact) mass is 358 g/mol. The molecule has 1 amide bonds. The number of nitrogens with one attached hydrogen (secondary N) is 1. The fourth-order valence-corrected chi connectivity index (χ4v) is 2.88. The lowest BCUT2D eigenvalue weighted by molar-refractivity contribution is -0.130. The van der Waals surface area contributed by atoms with Gasteiger partial charge in [0.15, 0.2) is 5.65 Å². The minimum Gasteiger partial charge on any atom is -0.375 e. The summed E-state index contributed by atoms with van der Waals surface area (Å²) in [4.78, 5) is 22.2. The molecule has 2 aromatic heterocycles. The molecule has 6 heteroatoms. The first-order chi connectivity index (χ1) is 12.1. The lowest BCUT2D eigenvalue weighted by Crippen LogP contribution is -2.38. The quantitative estimate of drug-likeness (QED) is 0.868. The predicted octanol–water partition coefficient (Wildman–Crippen LogP) is 4.24. The molecule has 0 radical (unpaired) electrons. The third kappa shape index (κ3) is 3.90. The molecule has 26 heavy (non-hydrogen) atoms. The summed E-state index contributed by atoms with van der Waals surface area (Å²) in [6.07, 6.45) is 3.40. The average molecular weight is 358 g/mol. The van der Waals surface area contributed by atoms with Crippen LogP contribution in [0.4, 0.5) is 5.95 Å². The van der Waals surface area contributed by atoms with E-state index < -0.39 is 5.41 Å². The van der Waals surface area contributed by atoms with Crippen LogP contribution in [-0.2, 0) is 9.53 Å². The molecule has 0 spiro atoms. The Kier molecular flexibility index (Phi) is 4.82. The summed E-state index contributed by atoms with van der Waals surface area (Å²) in [5.74, 6) is 0.506. The Morgan fingerprint density at radius 2 is 1.92 bits per heavy atom. The van der Waals surface area contributed by atoms with E-state index in [2.05, 4.69) is 19.9 Å². The third-order valence-electron chi connectivity index (χ3n) is 4.82. The fraction of sp³-hybridized carbons (Fsp3) is 0.650. The van der Waals surface area contributed by atoms with Crippen LogP contribution in [0.25, 0.3) is 11.2 Å². The summed E-state index contributed by atoms with van der Waals surface area (Å²) in [5.41, 5.74) is 1.70. The van der Waals surface area contributed by atoms with Crippen molar-refractivity contribution in [1.29, 1.82) is 0 Å². The summed E-state index contributed by atoms with van der Waals surface area (Å²) >= 11 is 0. The second-order valence-corrected chi connectivity index (χ2v) is 8.92. The molecule has 2 heterocycles. The van der Waals surface area contributed by atoms with Crippen LogP contribution in [0.2, 0.25) is 0 Å². The summed E-state index contributed by atoms with van der Waals surface area (Å²) in [5, 5.41) is 3.04. The van der Waals surface area contributed by atoms with E-state index in [0.29, 0.717) is 18.6 Å². The molecule has 6 nitrogen and oxygen atoms in total. The van der Waals surface area contributed by atoms with E-state index in [1.165, 1.54) is 6.42 Å². The van der Waals surface area contributed by atoms with E-state index in [-0.39, 0.29) is 11.5 Å². The van der Waals surface area contributed by atoms with Crippen molar-refractivity contribution in [1.82, 2.24) is 14.5 Å². The highest BCUT2D eigenvalue weighted by atomic mass is 16.5. The van der Waals surface area contributed by atoms with Crippen LogP contribution in [0, 0.1) is 12.3 Å². The number of pyridine rings is 1. The van der Waals surface area contributed by atoms with Gasteiger partial charge in [-0.05, 0) is 72.9 Å². The number of hydrogen-bond acceptors (Lipinski definition) is 4. The van der Waals surface area contributed by atoms with Crippen LogP contribution >= 0.6 is 0 Å². The standard InChI is InChI=1S/C20H30N4O2/c1-13-10-11-15-16(21-13)24(14-8-7-9-14)18(22-15)23-17(25)20(5,6)12-26-19(2,3)4/h10-11,14H,7-9,12H2,1-6H3,(H,22,23,25). The van der Waals surface area contributed by atoms with Gasteiger partial charge in [-0.25, -0.2) is 9.97 Å². The van der Waals surface area contributed by atoms with Gasteiger partial charge in [-0.15, -0.1) is 0 Å². The molecular weight excluding hydrogens is 328 g/mol. The largest absolute Gasteiger partial charge is 0.375 e. The van der Waals surface area contributed by atoms with Crippen LogP contribution in [0.15, 0.2) is 12.1 Å². The van der Waals surface area contributed by atoms with Gasteiger partial charge in [-0.1, -0.05) is 0 Å². The number of ether oxygens (including phenoxy) is 1. The molecule has 0 unspecified atom stereocenters. The number of aryl methyl sites for hydroxylation is 1. The maximum atomic E-state index is 12.9. The summed E-state index contributed by atoms with van der Waals surface area (Å²) in [7, 11) is 0. The van der Waals surface area contributed by atoms with Gasteiger partial charge < -0.3 is 4.74 Å². The Balaban J connectivity index is 1.87. The van der Waals surface area contributed by atoms with E-state index >= 15 is 0 Å². The molecular formula is C20H30N4O2. The molecule has 1 aliphatic carbocycles. The predicted molar refractivity (Wildman–Crippen MR) is 103 cm³/mol. The summed E-state index contributed by atoms with van der Waals surface area (Å²) in [6, 6.07) is 4.28. The number of imidazole rings is 1. The molecule has 1 saturated carbocycles. The van der Waals surface area contributed by atoms with E-state index in [9.17, 15) is 4.79 Å². The smallest absolute Gasteiger partial charge is 0.234 e. The topological polar surface area (TPSA) is 69.0 Å². The van der Waals surface area contributed by atoms with Crippen molar-refractivity contribution in [3.63, 3.8) is 0 Å². The lowest BCUT2D eigenvalue weighted by atomic mass is 9.92. The van der Waals surface area contributed by atoms with Gasteiger partial charge in [0.1, 0.15) is 5.52 Å². The Bertz CT molecular complexity index is 813. The Morgan fingerprint density at radius 3 is 2.50 bits per heavy atom. The Labute approximate surface area is 155 Å². The number of anilines is 1. The first kappa shape index (κ1) is 18.8. The lowest BCUT2D eigenvalue weighted by Gasteiger charge is -2.31. The minimum atomic E-state index is -0.654. The molecule has 1 aliphatic rings. The van der Waals surface area contributed by atoms with Crippen LogP contribution < -0.4 is 5.32 Å². The summed E-state index contributed by atoms with van der Waals surface area (Å²) < 4.78 is 7.94. The number of fused-ring (bicyclic) bond motifs is 1. The molecule has 0 saturated heterocycles. The molecule has 3 rings (SSSR count). The van der Waals surface area contributed by atoms with Gasteiger partial charge in [-0.3, -0.25) is 14.7 Å². The molecule has 0 aliphatic heterocycles. The normalized spacial score (nSPS) is 15.9. The Hall–Kier alpha value is -1.95. The Morgan fingerprint density at radius 1 is 1.23 bits per heavy atom. The zero-order valence-electron chi connectivity index (χ0n) is 16.7. The number of nitrogens with zero attached hydrogens (tertiary/aromatic N) is 3. The van der Waals surface area contributed by atoms with Crippen LogP contribution in [0.5, 0.6) is 0 Å². The maximum Gasteiger partial charge on any atom is 0.234 e. The van der Waals surface area contributed by atoms with Gasteiger partial charge in [0.2, 0.25) is 11.9 Å². The summed E-state index contributed by atoms with van der Waals surface area (Å²) in [6.45, 7) is 12.1. The zero-order chi connectivity index (χ0) is 19.1. The minimum absolute atomic E-state index is 0.0886. The molecule has 0 atom stereocenters. The van der Waals surface area contributed by atoms with E-state index in [1.807, 2.05) is 53.7 Å². The van der Waals surface area contributed by atoms with Crippen LogP contribution in [-0.4, -0.2) is 32.7 Å². The second kappa shape index (κ2) is 6.65. The SMILES string of the molecule is Cc1ccc2nc(NC(=O)C(C)(C)COC(C)(C)C)n(C3CCC3)c2n1. The van der Waals surface area contributed by atoms with Crippen molar-refractivity contribution in [3.05, 3.63) is 17.8 Å². The number of rotatable bonds is 5. The highest BCUT2D eigenvalue weighted by Crippen LogP contribution is 2.37. The number of aromatic nitrogens is 3. The third-order valence-corrected chi connectivity index (χ3v) is 4.82. The van der Waals surface area contributed by atoms with Crippen molar-refractivity contribution in [2.24, 2.45) is 5.41 Å². The van der Waals surface area contributed by atoms with E-state index in [0.717, 1.165) is 29.7 Å². The molecule has 0 bridgehead atoms. The van der Waals surface area contributed by atoms with Crippen molar-refractivity contribution >= 4 is 23.0 Å². The number of hydrogen-bond donors (Lipinski definition) is 1. The maximum absolute atomic E-state index is 12.9. The number of carbonyl (C=O) groups is 1. The second-order valence-electron chi connectivity index (χ2n) is 8.92. The van der Waals surface area contributed by atoms with E-state index in [1.54, 1.807) is 0 Å². The number of amides is 1. The first-order valence-electron chi connectivity index (χ1n) is 9.38. The van der Waals surface area contributed by atoms with Crippen molar-refractivity contribution in [2.75, 3.05) is 11.9 Å². The van der Waals surface area contributed by atoms with Crippen LogP contribution in [0.1, 0.15) is 65.6 Å². The highest BCUT2D eigenvalue weighted by Gasteiger charge is 2.33. The molecule has 1 fully saturated rings. The van der Waals surface area contributed by atoms with Crippen molar-refractivity contribution < 1.29 is 9.53 Å². The van der Waals surface area contributed by atoms with Gasteiger partial charge >= 0.3 is 0 Å². The molecule has 1 N–H and O–H groups in total. The highest BCUT2D eigenvalue weighted by molar-refractivity contribution is 5.95. The number of carbonyl (C=O) groups excluding carboxylic acids is 1. The molecule has 0 aromatic carbocycles. The van der Waals surface area contributed by atoms with Gasteiger partial charge in [0.05, 0.1) is 17.6 Å². The van der Waals surface area contributed by atoms with Crippen molar-refractivity contribution in [2.45, 2.75) is 72.4 Å². The van der Waals surface area contributed by atoms with E-state index in [4.69, 9.17) is 4.74 Å².